The summed E-state index contributed by atoms with van der Waals surface area (Å²) in [6.45, 7) is -1.37. The highest BCUT2D eigenvalue weighted by atomic mass is 19.3. The molecule has 3 atom stereocenters. The number of ether oxygens (including phenoxy) is 1. The first-order valence-corrected chi connectivity index (χ1v) is 5.68. The second-order valence-electron chi connectivity index (χ2n) is 4.90. The van der Waals surface area contributed by atoms with Crippen LogP contribution in [0.25, 0.3) is 0 Å². The van der Waals surface area contributed by atoms with Gasteiger partial charge in [-0.25, -0.2) is 4.79 Å². The van der Waals surface area contributed by atoms with E-state index in [0.29, 0.717) is 12.3 Å². The summed E-state index contributed by atoms with van der Waals surface area (Å²) in [5, 5.41) is 8.18. The van der Waals surface area contributed by atoms with E-state index in [1.165, 1.54) is 0 Å². The first-order chi connectivity index (χ1) is 7.90. The predicted molar refractivity (Wildman–Crippen MR) is 52.5 cm³/mol. The average Bonchev–Trinajstić information content (AvgIpc) is 2.87. The Labute approximate surface area is 96.9 Å². The fourth-order valence-electron chi connectivity index (χ4n) is 2.86. The van der Waals surface area contributed by atoms with E-state index in [0.717, 1.165) is 19.3 Å². The highest BCUT2D eigenvalue weighted by Crippen LogP contribution is 2.48. The highest BCUT2D eigenvalue weighted by Gasteiger charge is 2.46. The summed E-state index contributed by atoms with van der Waals surface area (Å²) in [6.07, 6.45) is 3.71. The number of carbonyl (C=O) groups excluding carboxylic acids is 1. The molecule has 0 aromatic heterocycles. The number of hydrogen-bond acceptors (Lipinski definition) is 3. The van der Waals surface area contributed by atoms with Crippen LogP contribution in [-0.2, 0) is 14.3 Å². The maximum absolute atomic E-state index is 12.7. The lowest BCUT2D eigenvalue weighted by atomic mass is 9.89. The number of rotatable bonds is 4. The fourth-order valence-corrected chi connectivity index (χ4v) is 2.86. The normalized spacial score (nSPS) is 31.5. The lowest BCUT2D eigenvalue weighted by Gasteiger charge is -2.20. The van der Waals surface area contributed by atoms with Gasteiger partial charge in [0, 0.05) is 0 Å². The van der Waals surface area contributed by atoms with Gasteiger partial charge in [-0.15, -0.1) is 0 Å². The van der Waals surface area contributed by atoms with Crippen molar-refractivity contribution in [3.63, 3.8) is 0 Å². The molecular formula is C11H14F2O4. The van der Waals surface area contributed by atoms with Gasteiger partial charge in [0.1, 0.15) is 0 Å². The van der Waals surface area contributed by atoms with Gasteiger partial charge < -0.3 is 9.84 Å². The Morgan fingerprint density at radius 2 is 2.00 bits per heavy atom. The Bertz CT molecular complexity index is 342. The van der Waals surface area contributed by atoms with Crippen molar-refractivity contribution in [2.45, 2.75) is 31.6 Å². The van der Waals surface area contributed by atoms with Crippen LogP contribution in [0.5, 0.6) is 0 Å². The first kappa shape index (κ1) is 12.3. The number of halogens is 2. The van der Waals surface area contributed by atoms with Gasteiger partial charge in [-0.3, -0.25) is 4.79 Å². The Balaban J connectivity index is 1.84. The number of alkyl halides is 2. The van der Waals surface area contributed by atoms with Crippen LogP contribution in [0.4, 0.5) is 8.78 Å². The Morgan fingerprint density at radius 3 is 2.47 bits per heavy atom. The first-order valence-electron chi connectivity index (χ1n) is 5.68. The minimum absolute atomic E-state index is 0.242. The van der Waals surface area contributed by atoms with Crippen molar-refractivity contribution in [1.29, 1.82) is 0 Å². The third kappa shape index (κ3) is 2.40. The van der Waals surface area contributed by atoms with E-state index in [1.807, 2.05) is 0 Å². The monoisotopic (exact) mass is 248 g/mol. The van der Waals surface area contributed by atoms with Crippen LogP contribution < -0.4 is 0 Å². The van der Waals surface area contributed by atoms with Crippen molar-refractivity contribution in [2.24, 2.45) is 17.8 Å². The fraction of sp³-hybridized carbons (Fsp3) is 0.818. The molecule has 4 nitrogen and oxygen atoms in total. The Hall–Kier alpha value is -1.20. The van der Waals surface area contributed by atoms with Crippen LogP contribution in [-0.4, -0.2) is 29.6 Å². The molecule has 96 valence electrons. The number of hydrogen-bond donors (Lipinski definition) is 1. The summed E-state index contributed by atoms with van der Waals surface area (Å²) in [5.74, 6) is -6.48. The molecule has 17 heavy (non-hydrogen) atoms. The lowest BCUT2D eigenvalue weighted by molar-refractivity contribution is -0.179. The largest absolute Gasteiger partial charge is 0.477 e. The number of esters is 1. The zero-order chi connectivity index (χ0) is 12.6. The van der Waals surface area contributed by atoms with E-state index in [4.69, 9.17) is 5.11 Å². The smallest absolute Gasteiger partial charge is 0.378 e. The van der Waals surface area contributed by atoms with Crippen LogP contribution in [0.1, 0.15) is 25.7 Å². The Kier molecular flexibility index (Phi) is 3.05. The molecule has 2 aliphatic rings. The molecule has 2 aliphatic carbocycles. The van der Waals surface area contributed by atoms with Crippen molar-refractivity contribution < 1.29 is 28.2 Å². The summed E-state index contributed by atoms with van der Waals surface area (Å²) in [7, 11) is 0. The van der Waals surface area contributed by atoms with E-state index >= 15 is 0 Å². The average molecular weight is 248 g/mol. The number of aliphatic carboxylic acids is 1. The van der Waals surface area contributed by atoms with Gasteiger partial charge in [-0.1, -0.05) is 6.42 Å². The minimum Gasteiger partial charge on any atom is -0.477 e. The van der Waals surface area contributed by atoms with E-state index < -0.39 is 24.5 Å². The van der Waals surface area contributed by atoms with Gasteiger partial charge in [-0.05, 0) is 31.1 Å². The van der Waals surface area contributed by atoms with Crippen molar-refractivity contribution in [1.82, 2.24) is 0 Å². The topological polar surface area (TPSA) is 63.6 Å². The van der Waals surface area contributed by atoms with Crippen molar-refractivity contribution in [2.75, 3.05) is 6.61 Å². The molecule has 0 aliphatic heterocycles. The molecular weight excluding hydrogens is 234 g/mol. The van der Waals surface area contributed by atoms with E-state index in [2.05, 4.69) is 4.74 Å². The maximum Gasteiger partial charge on any atom is 0.378 e. The van der Waals surface area contributed by atoms with Crippen molar-refractivity contribution in [3.05, 3.63) is 0 Å². The van der Waals surface area contributed by atoms with Gasteiger partial charge in [0.25, 0.3) is 0 Å². The third-order valence-corrected chi connectivity index (χ3v) is 3.75. The highest BCUT2D eigenvalue weighted by molar-refractivity contribution is 5.77. The molecule has 1 N–H and O–H groups in total. The molecule has 0 saturated heterocycles. The van der Waals surface area contributed by atoms with E-state index in [-0.39, 0.29) is 11.8 Å². The number of fused-ring (bicyclic) bond motifs is 2. The summed E-state index contributed by atoms with van der Waals surface area (Å²) in [6, 6.07) is 0. The second-order valence-corrected chi connectivity index (χ2v) is 4.90. The van der Waals surface area contributed by atoms with Crippen molar-refractivity contribution in [3.8, 4) is 0 Å². The molecule has 3 unspecified atom stereocenters. The standard InChI is InChI=1S/C11H14F2O4/c12-11(13,10(15)16)5-17-9(14)8-4-6-1-2-7(8)3-6/h6-8H,1-5H2,(H,15,16). The Morgan fingerprint density at radius 1 is 1.29 bits per heavy atom. The maximum atomic E-state index is 12.7. The van der Waals surface area contributed by atoms with Gasteiger partial charge >= 0.3 is 17.9 Å². The number of carbonyl (C=O) groups is 2. The quantitative estimate of drug-likeness (QED) is 0.769. The lowest BCUT2D eigenvalue weighted by Crippen LogP contribution is -2.36. The second kappa shape index (κ2) is 4.23. The molecule has 0 amide bonds. The van der Waals surface area contributed by atoms with Crippen molar-refractivity contribution >= 4 is 11.9 Å². The third-order valence-electron chi connectivity index (χ3n) is 3.75. The van der Waals surface area contributed by atoms with Crippen LogP contribution in [0, 0.1) is 17.8 Å². The van der Waals surface area contributed by atoms with Crippen LogP contribution in [0.3, 0.4) is 0 Å². The molecule has 2 bridgehead atoms. The van der Waals surface area contributed by atoms with Gasteiger partial charge in [-0.2, -0.15) is 8.78 Å². The SMILES string of the molecule is O=C(OCC(F)(F)C(=O)O)C1CC2CCC1C2. The predicted octanol–water partition coefficient (Wildman–Crippen LogP) is 1.69. The summed E-state index contributed by atoms with van der Waals surface area (Å²) >= 11 is 0. The van der Waals surface area contributed by atoms with Gasteiger partial charge in [0.2, 0.25) is 0 Å². The molecule has 2 fully saturated rings. The molecule has 0 heterocycles. The molecule has 0 spiro atoms. The molecule has 0 aromatic carbocycles. The molecule has 0 aromatic rings. The van der Waals surface area contributed by atoms with Crippen LogP contribution in [0.2, 0.25) is 0 Å². The van der Waals surface area contributed by atoms with Crippen LogP contribution in [0.15, 0.2) is 0 Å². The van der Waals surface area contributed by atoms with Gasteiger partial charge in [0.05, 0.1) is 5.92 Å². The van der Waals surface area contributed by atoms with E-state index in [1.54, 1.807) is 0 Å². The zero-order valence-electron chi connectivity index (χ0n) is 9.20. The summed E-state index contributed by atoms with van der Waals surface area (Å²) in [4.78, 5) is 21.7. The van der Waals surface area contributed by atoms with E-state index in [9.17, 15) is 18.4 Å². The summed E-state index contributed by atoms with van der Waals surface area (Å²) in [5.41, 5.74) is 0. The van der Waals surface area contributed by atoms with Gasteiger partial charge in [0.15, 0.2) is 6.61 Å². The molecule has 2 rings (SSSR count). The molecule has 0 radical (unpaired) electrons. The molecule has 2 saturated carbocycles. The molecule has 6 heteroatoms. The number of carboxylic acid groups (broad SMARTS) is 1. The summed E-state index contributed by atoms with van der Waals surface area (Å²) < 4.78 is 29.8. The minimum atomic E-state index is -3.99. The van der Waals surface area contributed by atoms with Crippen LogP contribution >= 0.6 is 0 Å². The number of carboxylic acids is 1. The zero-order valence-corrected chi connectivity index (χ0v) is 9.20.